The number of primary amides is 1. The molecule has 0 radical (unpaired) electrons. The molecule has 0 aliphatic heterocycles. The molecule has 2 atom stereocenters. The minimum Gasteiger partial charge on any atom is -0.496 e. The number of methoxy groups -OCH3 is 1. The maximum Gasteiger partial charge on any atom is 0.320 e. The van der Waals surface area contributed by atoms with Gasteiger partial charge in [-0.25, -0.2) is 4.39 Å². The molecule has 0 aromatic heterocycles. The van der Waals surface area contributed by atoms with Crippen LogP contribution in [0, 0.1) is 5.82 Å². The number of aliphatic carboxylic acids is 1. The zero-order chi connectivity index (χ0) is 19.3. The monoisotopic (exact) mass is 360 g/mol. The van der Waals surface area contributed by atoms with Crippen molar-refractivity contribution in [3.8, 4) is 16.9 Å². The summed E-state index contributed by atoms with van der Waals surface area (Å²) in [6.45, 7) is 1.44. The third kappa shape index (κ3) is 4.80. The van der Waals surface area contributed by atoms with Crippen molar-refractivity contribution in [2.45, 2.75) is 25.4 Å². The van der Waals surface area contributed by atoms with Gasteiger partial charge in [-0.2, -0.15) is 0 Å². The summed E-state index contributed by atoms with van der Waals surface area (Å²) in [5.41, 5.74) is 7.52. The first-order chi connectivity index (χ1) is 12.3. The van der Waals surface area contributed by atoms with E-state index in [0.717, 1.165) is 11.1 Å². The van der Waals surface area contributed by atoms with Gasteiger partial charge in [-0.05, 0) is 42.7 Å². The van der Waals surface area contributed by atoms with Crippen LogP contribution in [0.3, 0.4) is 0 Å². The van der Waals surface area contributed by atoms with Crippen molar-refractivity contribution in [3.05, 3.63) is 53.8 Å². The Morgan fingerprint density at radius 3 is 2.42 bits per heavy atom. The molecule has 2 aromatic carbocycles. The standard InChI is InChI=1S/C19H21FN2O4/c1-11(19(24)25)22-16(18(21)23)9-12-3-5-13(6-4-12)15-10-14(20)7-8-17(15)26-2/h3-8,10-11,16,22H,9H2,1-2H3,(H2,21,23)(H,24,25)/t11-,16-/m0/s1. The fourth-order valence-electron chi connectivity index (χ4n) is 2.58. The average Bonchev–Trinajstić information content (AvgIpc) is 2.61. The minimum atomic E-state index is -1.07. The number of carboxylic acid groups (broad SMARTS) is 1. The van der Waals surface area contributed by atoms with Gasteiger partial charge in [-0.15, -0.1) is 0 Å². The number of hydrogen-bond donors (Lipinski definition) is 3. The van der Waals surface area contributed by atoms with Gasteiger partial charge in [0.25, 0.3) is 0 Å². The highest BCUT2D eigenvalue weighted by Crippen LogP contribution is 2.30. The van der Waals surface area contributed by atoms with Gasteiger partial charge in [0.05, 0.1) is 13.2 Å². The molecule has 6 nitrogen and oxygen atoms in total. The molecule has 0 bridgehead atoms. The van der Waals surface area contributed by atoms with Crippen molar-refractivity contribution in [2.24, 2.45) is 5.73 Å². The van der Waals surface area contributed by atoms with Gasteiger partial charge in [0, 0.05) is 5.56 Å². The Bertz CT molecular complexity index is 793. The first-order valence-corrected chi connectivity index (χ1v) is 8.03. The van der Waals surface area contributed by atoms with Crippen LogP contribution >= 0.6 is 0 Å². The van der Waals surface area contributed by atoms with E-state index < -0.39 is 24.0 Å². The van der Waals surface area contributed by atoms with E-state index in [1.807, 2.05) is 0 Å². The van der Waals surface area contributed by atoms with Crippen LogP contribution in [-0.4, -0.2) is 36.2 Å². The predicted octanol–water partition coefficient (Wildman–Crippen LogP) is 1.96. The molecule has 0 aliphatic rings. The topological polar surface area (TPSA) is 102 Å². The summed E-state index contributed by atoms with van der Waals surface area (Å²) in [5, 5.41) is 11.6. The van der Waals surface area contributed by atoms with Gasteiger partial charge < -0.3 is 15.6 Å². The number of ether oxygens (including phenoxy) is 1. The second kappa shape index (κ2) is 8.44. The number of nitrogens with two attached hydrogens (primary N) is 1. The van der Waals surface area contributed by atoms with Crippen LogP contribution in [0.2, 0.25) is 0 Å². The summed E-state index contributed by atoms with van der Waals surface area (Å²) < 4.78 is 18.8. The highest BCUT2D eigenvalue weighted by molar-refractivity contribution is 5.82. The van der Waals surface area contributed by atoms with Gasteiger partial charge in [0.15, 0.2) is 0 Å². The number of benzene rings is 2. The summed E-state index contributed by atoms with van der Waals surface area (Å²) in [5.74, 6) is -1.52. The molecule has 2 rings (SSSR count). The third-order valence-corrected chi connectivity index (χ3v) is 4.03. The van der Waals surface area contributed by atoms with Crippen LogP contribution in [0.25, 0.3) is 11.1 Å². The van der Waals surface area contributed by atoms with Crippen LogP contribution in [-0.2, 0) is 16.0 Å². The van der Waals surface area contributed by atoms with Crippen molar-refractivity contribution >= 4 is 11.9 Å². The maximum atomic E-state index is 13.5. The second-order valence-electron chi connectivity index (χ2n) is 5.93. The summed E-state index contributed by atoms with van der Waals surface area (Å²) in [4.78, 5) is 22.5. The zero-order valence-corrected chi connectivity index (χ0v) is 14.5. The van der Waals surface area contributed by atoms with E-state index in [2.05, 4.69) is 5.32 Å². The molecule has 0 spiro atoms. The van der Waals surface area contributed by atoms with Gasteiger partial charge in [0.1, 0.15) is 17.6 Å². The van der Waals surface area contributed by atoms with Crippen LogP contribution in [0.5, 0.6) is 5.75 Å². The van der Waals surface area contributed by atoms with E-state index in [4.69, 9.17) is 15.6 Å². The fourth-order valence-corrected chi connectivity index (χ4v) is 2.58. The Morgan fingerprint density at radius 2 is 1.88 bits per heavy atom. The fraction of sp³-hybridized carbons (Fsp3) is 0.263. The molecule has 138 valence electrons. The maximum absolute atomic E-state index is 13.5. The van der Waals surface area contributed by atoms with Gasteiger partial charge >= 0.3 is 5.97 Å². The predicted molar refractivity (Wildman–Crippen MR) is 95.3 cm³/mol. The number of carbonyl (C=O) groups is 2. The van der Waals surface area contributed by atoms with E-state index >= 15 is 0 Å². The van der Waals surface area contributed by atoms with Crippen LogP contribution < -0.4 is 15.8 Å². The summed E-state index contributed by atoms with van der Waals surface area (Å²) in [6.07, 6.45) is 0.244. The number of rotatable bonds is 8. The highest BCUT2D eigenvalue weighted by Gasteiger charge is 2.21. The molecular formula is C19H21FN2O4. The Labute approximate surface area is 150 Å². The van der Waals surface area contributed by atoms with Crippen LogP contribution in [0.1, 0.15) is 12.5 Å². The number of carboxylic acids is 1. The molecule has 0 heterocycles. The van der Waals surface area contributed by atoms with Gasteiger partial charge in [0.2, 0.25) is 5.91 Å². The van der Waals surface area contributed by atoms with Crippen molar-refractivity contribution in [1.82, 2.24) is 5.32 Å². The van der Waals surface area contributed by atoms with E-state index in [1.165, 1.54) is 26.2 Å². The molecule has 1 amide bonds. The van der Waals surface area contributed by atoms with E-state index in [-0.39, 0.29) is 12.2 Å². The Hall–Kier alpha value is -2.93. The molecular weight excluding hydrogens is 339 g/mol. The Morgan fingerprint density at radius 1 is 1.23 bits per heavy atom. The molecule has 26 heavy (non-hydrogen) atoms. The third-order valence-electron chi connectivity index (χ3n) is 4.03. The number of halogens is 1. The molecule has 4 N–H and O–H groups in total. The van der Waals surface area contributed by atoms with Gasteiger partial charge in [-0.1, -0.05) is 24.3 Å². The summed E-state index contributed by atoms with van der Waals surface area (Å²) >= 11 is 0. The van der Waals surface area contributed by atoms with Crippen LogP contribution in [0.4, 0.5) is 4.39 Å². The molecule has 2 aromatic rings. The summed E-state index contributed by atoms with van der Waals surface area (Å²) in [7, 11) is 1.51. The SMILES string of the molecule is COc1ccc(F)cc1-c1ccc(C[C@H](N[C@@H](C)C(=O)O)C(N)=O)cc1. The first-order valence-electron chi connectivity index (χ1n) is 8.03. The lowest BCUT2D eigenvalue weighted by Gasteiger charge is -2.18. The molecule has 0 aliphatic carbocycles. The van der Waals surface area contributed by atoms with E-state index in [0.29, 0.717) is 11.3 Å². The molecule has 7 heteroatoms. The zero-order valence-electron chi connectivity index (χ0n) is 14.5. The lowest BCUT2D eigenvalue weighted by atomic mass is 9.99. The van der Waals surface area contributed by atoms with E-state index in [1.54, 1.807) is 30.3 Å². The minimum absolute atomic E-state index is 0.244. The summed E-state index contributed by atoms with van der Waals surface area (Å²) in [6, 6.07) is 9.68. The lowest BCUT2D eigenvalue weighted by Crippen LogP contribution is -2.49. The highest BCUT2D eigenvalue weighted by atomic mass is 19.1. The first kappa shape index (κ1) is 19.4. The number of amides is 1. The van der Waals surface area contributed by atoms with Crippen molar-refractivity contribution in [1.29, 1.82) is 0 Å². The Balaban J connectivity index is 2.19. The molecule has 0 saturated heterocycles. The quantitative estimate of drug-likeness (QED) is 0.668. The lowest BCUT2D eigenvalue weighted by molar-refractivity contribution is -0.139. The normalized spacial score (nSPS) is 13.0. The van der Waals surface area contributed by atoms with E-state index in [9.17, 15) is 14.0 Å². The Kier molecular flexibility index (Phi) is 6.30. The number of carbonyl (C=O) groups excluding carboxylic acids is 1. The number of nitrogens with one attached hydrogen (secondary N) is 1. The molecule has 0 unspecified atom stereocenters. The van der Waals surface area contributed by atoms with Crippen LogP contribution in [0.15, 0.2) is 42.5 Å². The number of hydrogen-bond acceptors (Lipinski definition) is 4. The van der Waals surface area contributed by atoms with Gasteiger partial charge in [-0.3, -0.25) is 14.9 Å². The molecule has 0 fully saturated rings. The largest absolute Gasteiger partial charge is 0.496 e. The average molecular weight is 360 g/mol. The van der Waals surface area contributed by atoms with Crippen molar-refractivity contribution in [3.63, 3.8) is 0 Å². The van der Waals surface area contributed by atoms with Crippen molar-refractivity contribution < 1.29 is 23.8 Å². The smallest absolute Gasteiger partial charge is 0.320 e. The second-order valence-corrected chi connectivity index (χ2v) is 5.93. The van der Waals surface area contributed by atoms with Crippen molar-refractivity contribution in [2.75, 3.05) is 7.11 Å². The molecule has 0 saturated carbocycles.